The van der Waals surface area contributed by atoms with Crippen molar-refractivity contribution < 1.29 is 4.74 Å². The lowest BCUT2D eigenvalue weighted by atomic mass is 10.1. The Bertz CT molecular complexity index is 347. The van der Waals surface area contributed by atoms with Gasteiger partial charge in [-0.3, -0.25) is 0 Å². The molecule has 0 bridgehead atoms. The second kappa shape index (κ2) is 7.33. The quantitative estimate of drug-likeness (QED) is 0.732. The molecule has 1 rings (SSSR count). The zero-order valence-corrected chi connectivity index (χ0v) is 11.6. The van der Waals surface area contributed by atoms with Gasteiger partial charge in [0.05, 0.1) is 6.61 Å². The van der Waals surface area contributed by atoms with Gasteiger partial charge in [-0.25, -0.2) is 0 Å². The number of nitrogens with one attached hydrogen (secondary N) is 1. The Kier molecular flexibility index (Phi) is 6.06. The SMILES string of the molecule is CCNCCCCOc1c(C)ccc(C)c1C. The number of unbranched alkanes of at least 4 members (excludes halogenated alkanes) is 1. The summed E-state index contributed by atoms with van der Waals surface area (Å²) in [7, 11) is 0. The van der Waals surface area contributed by atoms with Crippen molar-refractivity contribution in [3.05, 3.63) is 28.8 Å². The molecule has 0 saturated carbocycles. The molecule has 2 nitrogen and oxygen atoms in total. The summed E-state index contributed by atoms with van der Waals surface area (Å²) in [6.07, 6.45) is 2.29. The van der Waals surface area contributed by atoms with E-state index in [-0.39, 0.29) is 0 Å². The average molecular weight is 235 g/mol. The van der Waals surface area contributed by atoms with Gasteiger partial charge in [0.25, 0.3) is 0 Å². The molecule has 1 aromatic rings. The molecule has 0 aliphatic heterocycles. The van der Waals surface area contributed by atoms with E-state index in [1.165, 1.54) is 23.1 Å². The van der Waals surface area contributed by atoms with Crippen LogP contribution in [-0.4, -0.2) is 19.7 Å². The summed E-state index contributed by atoms with van der Waals surface area (Å²) in [5, 5.41) is 3.32. The molecular formula is C15H25NO. The third-order valence-corrected chi connectivity index (χ3v) is 3.12. The Balaban J connectivity index is 2.39. The first-order valence-corrected chi connectivity index (χ1v) is 6.57. The third kappa shape index (κ3) is 4.39. The maximum atomic E-state index is 5.90. The summed E-state index contributed by atoms with van der Waals surface area (Å²) in [6.45, 7) is 11.5. The van der Waals surface area contributed by atoms with Crippen molar-refractivity contribution in [2.24, 2.45) is 0 Å². The van der Waals surface area contributed by atoms with Crippen molar-refractivity contribution in [2.45, 2.75) is 40.5 Å². The molecule has 0 amide bonds. The largest absolute Gasteiger partial charge is 0.493 e. The van der Waals surface area contributed by atoms with Gasteiger partial charge in [0.15, 0.2) is 0 Å². The fourth-order valence-corrected chi connectivity index (χ4v) is 1.85. The second-order valence-corrected chi connectivity index (χ2v) is 4.56. The van der Waals surface area contributed by atoms with E-state index in [2.05, 4.69) is 45.1 Å². The highest BCUT2D eigenvalue weighted by atomic mass is 16.5. The monoisotopic (exact) mass is 235 g/mol. The molecule has 0 fully saturated rings. The van der Waals surface area contributed by atoms with Crippen molar-refractivity contribution in [1.82, 2.24) is 5.32 Å². The van der Waals surface area contributed by atoms with E-state index in [0.717, 1.165) is 31.9 Å². The van der Waals surface area contributed by atoms with Crippen LogP contribution in [0.5, 0.6) is 5.75 Å². The molecule has 0 aromatic heterocycles. The van der Waals surface area contributed by atoms with Crippen molar-refractivity contribution >= 4 is 0 Å². The zero-order valence-electron chi connectivity index (χ0n) is 11.6. The summed E-state index contributed by atoms with van der Waals surface area (Å²) in [5.74, 6) is 1.08. The van der Waals surface area contributed by atoms with E-state index in [4.69, 9.17) is 4.74 Å². The summed E-state index contributed by atoms with van der Waals surface area (Å²) >= 11 is 0. The Morgan fingerprint density at radius 3 is 2.47 bits per heavy atom. The van der Waals surface area contributed by atoms with Crippen LogP contribution in [0.15, 0.2) is 12.1 Å². The third-order valence-electron chi connectivity index (χ3n) is 3.12. The van der Waals surface area contributed by atoms with Crippen LogP contribution in [0.25, 0.3) is 0 Å². The Hall–Kier alpha value is -1.02. The first-order valence-electron chi connectivity index (χ1n) is 6.57. The predicted octanol–water partition coefficient (Wildman–Crippen LogP) is 3.38. The van der Waals surface area contributed by atoms with Gasteiger partial charge in [-0.2, -0.15) is 0 Å². The number of hydrogen-bond donors (Lipinski definition) is 1. The minimum atomic E-state index is 0.816. The molecule has 1 aromatic carbocycles. The maximum absolute atomic E-state index is 5.90. The van der Waals surface area contributed by atoms with E-state index >= 15 is 0 Å². The highest BCUT2D eigenvalue weighted by Crippen LogP contribution is 2.25. The second-order valence-electron chi connectivity index (χ2n) is 4.56. The maximum Gasteiger partial charge on any atom is 0.125 e. The lowest BCUT2D eigenvalue weighted by Crippen LogP contribution is -2.14. The smallest absolute Gasteiger partial charge is 0.125 e. The Labute approximate surface area is 105 Å². The molecule has 96 valence electrons. The van der Waals surface area contributed by atoms with E-state index in [9.17, 15) is 0 Å². The lowest BCUT2D eigenvalue weighted by Gasteiger charge is -2.13. The highest BCUT2D eigenvalue weighted by molar-refractivity contribution is 5.44. The molecule has 0 radical (unpaired) electrons. The number of rotatable bonds is 7. The fraction of sp³-hybridized carbons (Fsp3) is 0.600. The van der Waals surface area contributed by atoms with Crippen LogP contribution in [0.2, 0.25) is 0 Å². The van der Waals surface area contributed by atoms with Crippen LogP contribution in [0, 0.1) is 20.8 Å². The number of benzene rings is 1. The minimum absolute atomic E-state index is 0.816. The Morgan fingerprint density at radius 1 is 1.06 bits per heavy atom. The molecule has 1 N–H and O–H groups in total. The first-order chi connectivity index (χ1) is 8.16. The van der Waals surface area contributed by atoms with Crippen LogP contribution < -0.4 is 10.1 Å². The van der Waals surface area contributed by atoms with Gasteiger partial charge in [-0.15, -0.1) is 0 Å². The van der Waals surface area contributed by atoms with Crippen LogP contribution in [-0.2, 0) is 0 Å². The van der Waals surface area contributed by atoms with E-state index < -0.39 is 0 Å². The van der Waals surface area contributed by atoms with E-state index in [1.54, 1.807) is 0 Å². The molecule has 17 heavy (non-hydrogen) atoms. The topological polar surface area (TPSA) is 21.3 Å². The summed E-state index contributed by atoms with van der Waals surface area (Å²) in [5.41, 5.74) is 3.81. The summed E-state index contributed by atoms with van der Waals surface area (Å²) < 4.78 is 5.90. The minimum Gasteiger partial charge on any atom is -0.493 e. The normalized spacial score (nSPS) is 10.6. The van der Waals surface area contributed by atoms with Gasteiger partial charge in [0, 0.05) is 0 Å². The molecule has 0 atom stereocenters. The first kappa shape index (κ1) is 14.0. The van der Waals surface area contributed by atoms with Crippen LogP contribution in [0.1, 0.15) is 36.5 Å². The molecule has 2 heteroatoms. The van der Waals surface area contributed by atoms with Gasteiger partial charge in [-0.05, 0) is 63.4 Å². The van der Waals surface area contributed by atoms with Gasteiger partial charge in [0.2, 0.25) is 0 Å². The van der Waals surface area contributed by atoms with Gasteiger partial charge in [-0.1, -0.05) is 19.1 Å². The van der Waals surface area contributed by atoms with Crippen molar-refractivity contribution in [3.63, 3.8) is 0 Å². The van der Waals surface area contributed by atoms with Crippen molar-refractivity contribution in [1.29, 1.82) is 0 Å². The van der Waals surface area contributed by atoms with Crippen molar-refractivity contribution in [2.75, 3.05) is 19.7 Å². The molecule has 0 aliphatic carbocycles. The predicted molar refractivity (Wildman–Crippen MR) is 73.9 cm³/mol. The van der Waals surface area contributed by atoms with Crippen LogP contribution in [0.4, 0.5) is 0 Å². The van der Waals surface area contributed by atoms with E-state index in [0.29, 0.717) is 0 Å². The number of aryl methyl sites for hydroxylation is 2. The molecule has 0 spiro atoms. The van der Waals surface area contributed by atoms with Gasteiger partial charge < -0.3 is 10.1 Å². The lowest BCUT2D eigenvalue weighted by molar-refractivity contribution is 0.302. The summed E-state index contributed by atoms with van der Waals surface area (Å²) in [4.78, 5) is 0. The standard InChI is InChI=1S/C15H25NO/c1-5-16-10-6-7-11-17-15-13(3)9-8-12(2)14(15)4/h8-9,16H,5-7,10-11H2,1-4H3. The number of hydrogen-bond acceptors (Lipinski definition) is 2. The summed E-state index contributed by atoms with van der Waals surface area (Å²) in [6, 6.07) is 4.29. The average Bonchev–Trinajstić information content (AvgIpc) is 2.32. The fourth-order valence-electron chi connectivity index (χ4n) is 1.85. The van der Waals surface area contributed by atoms with Crippen LogP contribution >= 0.6 is 0 Å². The molecule has 0 unspecified atom stereocenters. The van der Waals surface area contributed by atoms with Crippen LogP contribution in [0.3, 0.4) is 0 Å². The van der Waals surface area contributed by atoms with Gasteiger partial charge in [0.1, 0.15) is 5.75 Å². The Morgan fingerprint density at radius 2 is 1.76 bits per heavy atom. The molecular weight excluding hydrogens is 210 g/mol. The molecule has 0 heterocycles. The molecule has 0 aliphatic rings. The highest BCUT2D eigenvalue weighted by Gasteiger charge is 2.05. The molecule has 0 saturated heterocycles. The zero-order chi connectivity index (χ0) is 12.7. The van der Waals surface area contributed by atoms with Crippen molar-refractivity contribution in [3.8, 4) is 5.75 Å². The van der Waals surface area contributed by atoms with Gasteiger partial charge >= 0.3 is 0 Å². The number of ether oxygens (including phenoxy) is 1. The van der Waals surface area contributed by atoms with E-state index in [1.807, 2.05) is 0 Å².